The van der Waals surface area contributed by atoms with Crippen molar-refractivity contribution in [2.24, 2.45) is 13.0 Å². The van der Waals surface area contributed by atoms with E-state index in [4.69, 9.17) is 14.2 Å². The van der Waals surface area contributed by atoms with Gasteiger partial charge in [-0.3, -0.25) is 4.68 Å². The number of hydrogen-bond donors (Lipinski definition) is 0. The molecule has 0 amide bonds. The van der Waals surface area contributed by atoms with Gasteiger partial charge in [0.2, 0.25) is 5.89 Å². The number of ether oxygens (including phenoxy) is 1. The van der Waals surface area contributed by atoms with Crippen LogP contribution in [0.1, 0.15) is 75.5 Å². The Morgan fingerprint density at radius 2 is 1.97 bits per heavy atom. The molecule has 4 rings (SSSR count). The number of aromatic nitrogens is 6. The zero-order valence-electron chi connectivity index (χ0n) is 19.0. The molecule has 0 aliphatic heterocycles. The summed E-state index contributed by atoms with van der Waals surface area (Å²) in [6.07, 6.45) is 8.66. The maximum Gasteiger partial charge on any atom is 0.226 e. The lowest BCUT2D eigenvalue weighted by molar-refractivity contribution is 0.153. The molecule has 1 saturated carbocycles. The predicted octanol–water partition coefficient (Wildman–Crippen LogP) is 4.46. The molecule has 0 spiro atoms. The van der Waals surface area contributed by atoms with E-state index in [1.807, 2.05) is 26.1 Å². The van der Waals surface area contributed by atoms with Gasteiger partial charge in [0.05, 0.1) is 29.6 Å². The van der Waals surface area contributed by atoms with Crippen molar-refractivity contribution in [1.29, 1.82) is 0 Å². The molecule has 31 heavy (non-hydrogen) atoms. The van der Waals surface area contributed by atoms with Gasteiger partial charge in [0.1, 0.15) is 11.4 Å². The first-order valence-electron chi connectivity index (χ1n) is 11.3. The van der Waals surface area contributed by atoms with E-state index in [1.165, 1.54) is 19.3 Å². The van der Waals surface area contributed by atoms with Gasteiger partial charge in [-0.1, -0.05) is 30.6 Å². The highest BCUT2D eigenvalue weighted by atomic mass is 16.5. The summed E-state index contributed by atoms with van der Waals surface area (Å²) in [5.74, 6) is 2.77. The Kier molecular flexibility index (Phi) is 6.63. The Hall–Kier alpha value is -2.77. The highest BCUT2D eigenvalue weighted by molar-refractivity contribution is 5.58. The van der Waals surface area contributed by atoms with Crippen molar-refractivity contribution in [1.82, 2.24) is 30.1 Å². The summed E-state index contributed by atoms with van der Waals surface area (Å²) in [5.41, 5.74) is 3.29. The molecular formula is C23H32N6O2. The van der Waals surface area contributed by atoms with Crippen LogP contribution in [0.4, 0.5) is 0 Å². The number of nitrogens with zero attached hydrogens (tertiary/aromatic N) is 6. The Balaban J connectivity index is 1.50. The number of aryl methyl sites for hydroxylation is 3. The highest BCUT2D eigenvalue weighted by Gasteiger charge is 2.20. The zero-order chi connectivity index (χ0) is 21.8. The normalized spacial score (nSPS) is 15.0. The van der Waals surface area contributed by atoms with E-state index in [2.05, 4.69) is 34.3 Å². The SMILES string of the molecule is Cc1nc(-c2nnn(C)c2Cc2noc(CCC(C)C)n2)ccc1OC1CCCCC1. The second-order valence-electron chi connectivity index (χ2n) is 8.88. The van der Waals surface area contributed by atoms with Crippen LogP contribution in [0.2, 0.25) is 0 Å². The fourth-order valence-electron chi connectivity index (χ4n) is 3.97. The van der Waals surface area contributed by atoms with Crippen LogP contribution in [-0.2, 0) is 19.9 Å². The zero-order valence-corrected chi connectivity index (χ0v) is 19.0. The second kappa shape index (κ2) is 9.58. The molecule has 1 aliphatic rings. The summed E-state index contributed by atoms with van der Waals surface area (Å²) < 4.78 is 13.4. The number of pyridine rings is 1. The first-order chi connectivity index (χ1) is 15.0. The molecule has 0 radical (unpaired) electrons. The third-order valence-electron chi connectivity index (χ3n) is 5.84. The molecule has 8 heteroatoms. The Bertz CT molecular complexity index is 1000. The Morgan fingerprint density at radius 3 is 2.71 bits per heavy atom. The average Bonchev–Trinajstić information content (AvgIpc) is 3.36. The maximum atomic E-state index is 6.21. The maximum absolute atomic E-state index is 6.21. The van der Waals surface area contributed by atoms with Gasteiger partial charge >= 0.3 is 0 Å². The van der Waals surface area contributed by atoms with Crippen molar-refractivity contribution in [3.8, 4) is 17.1 Å². The van der Waals surface area contributed by atoms with E-state index < -0.39 is 0 Å². The minimum atomic E-state index is 0.301. The molecule has 3 aromatic rings. The molecule has 3 heterocycles. The van der Waals surface area contributed by atoms with Gasteiger partial charge in [-0.15, -0.1) is 5.10 Å². The summed E-state index contributed by atoms with van der Waals surface area (Å²) in [7, 11) is 1.87. The van der Waals surface area contributed by atoms with Gasteiger partial charge in [-0.2, -0.15) is 4.98 Å². The van der Waals surface area contributed by atoms with Crippen molar-refractivity contribution >= 4 is 0 Å². The third kappa shape index (κ3) is 5.29. The van der Waals surface area contributed by atoms with Crippen molar-refractivity contribution in [2.45, 2.75) is 78.2 Å². The molecule has 1 fully saturated rings. The quantitative estimate of drug-likeness (QED) is 0.527. The van der Waals surface area contributed by atoms with Crippen LogP contribution in [0.15, 0.2) is 16.7 Å². The van der Waals surface area contributed by atoms with Crippen LogP contribution >= 0.6 is 0 Å². The Labute approximate surface area is 183 Å². The predicted molar refractivity (Wildman–Crippen MR) is 117 cm³/mol. The van der Waals surface area contributed by atoms with Crippen molar-refractivity contribution in [3.63, 3.8) is 0 Å². The highest BCUT2D eigenvalue weighted by Crippen LogP contribution is 2.28. The molecule has 0 N–H and O–H groups in total. The first kappa shape index (κ1) is 21.5. The molecule has 0 bridgehead atoms. The first-order valence-corrected chi connectivity index (χ1v) is 11.3. The standard InChI is InChI=1S/C23H32N6O2/c1-15(2)10-13-22-25-21(27-31-22)14-19-23(26-28-29(19)4)18-11-12-20(16(3)24-18)30-17-8-6-5-7-9-17/h11-12,15,17H,5-10,13-14H2,1-4H3. The summed E-state index contributed by atoms with van der Waals surface area (Å²) in [6.45, 7) is 6.36. The molecular weight excluding hydrogens is 392 g/mol. The van der Waals surface area contributed by atoms with E-state index in [1.54, 1.807) is 4.68 Å². The summed E-state index contributed by atoms with van der Waals surface area (Å²) in [4.78, 5) is 9.32. The monoisotopic (exact) mass is 424 g/mol. The summed E-state index contributed by atoms with van der Waals surface area (Å²) in [5, 5.41) is 12.7. The van der Waals surface area contributed by atoms with Gasteiger partial charge in [-0.25, -0.2) is 4.98 Å². The Morgan fingerprint density at radius 1 is 1.16 bits per heavy atom. The van der Waals surface area contributed by atoms with Crippen LogP contribution in [-0.4, -0.2) is 36.2 Å². The minimum absolute atomic E-state index is 0.301. The van der Waals surface area contributed by atoms with Gasteiger partial charge in [-0.05, 0) is 57.1 Å². The lowest BCUT2D eigenvalue weighted by Crippen LogP contribution is -2.20. The van der Waals surface area contributed by atoms with Gasteiger partial charge in [0.15, 0.2) is 5.82 Å². The van der Waals surface area contributed by atoms with Gasteiger partial charge in [0, 0.05) is 13.5 Å². The summed E-state index contributed by atoms with van der Waals surface area (Å²) in [6, 6.07) is 3.96. The molecule has 0 atom stereocenters. The second-order valence-corrected chi connectivity index (χ2v) is 8.88. The topological polar surface area (TPSA) is 91.8 Å². The molecule has 0 unspecified atom stereocenters. The van der Waals surface area contributed by atoms with Crippen LogP contribution in [0.5, 0.6) is 5.75 Å². The van der Waals surface area contributed by atoms with Crippen LogP contribution in [0.3, 0.4) is 0 Å². The largest absolute Gasteiger partial charge is 0.489 e. The van der Waals surface area contributed by atoms with Crippen LogP contribution in [0.25, 0.3) is 11.4 Å². The lowest BCUT2D eigenvalue weighted by atomic mass is 9.98. The van der Waals surface area contributed by atoms with Crippen molar-refractivity contribution in [3.05, 3.63) is 35.2 Å². The van der Waals surface area contributed by atoms with E-state index in [0.717, 1.165) is 54.2 Å². The van der Waals surface area contributed by atoms with Crippen LogP contribution < -0.4 is 4.74 Å². The molecule has 3 aromatic heterocycles. The summed E-state index contributed by atoms with van der Waals surface area (Å²) >= 11 is 0. The molecule has 1 aliphatic carbocycles. The molecule has 166 valence electrons. The number of rotatable bonds is 8. The minimum Gasteiger partial charge on any atom is -0.489 e. The van der Waals surface area contributed by atoms with E-state index in [9.17, 15) is 0 Å². The van der Waals surface area contributed by atoms with Crippen LogP contribution in [0, 0.1) is 12.8 Å². The van der Waals surface area contributed by atoms with Gasteiger partial charge in [0.25, 0.3) is 0 Å². The molecule has 0 saturated heterocycles. The van der Waals surface area contributed by atoms with Gasteiger partial charge < -0.3 is 9.26 Å². The average molecular weight is 425 g/mol. The molecule has 0 aromatic carbocycles. The smallest absolute Gasteiger partial charge is 0.226 e. The van der Waals surface area contributed by atoms with E-state index in [-0.39, 0.29) is 0 Å². The van der Waals surface area contributed by atoms with E-state index in [0.29, 0.717) is 30.2 Å². The third-order valence-corrected chi connectivity index (χ3v) is 5.84. The van der Waals surface area contributed by atoms with Crippen molar-refractivity contribution < 1.29 is 9.26 Å². The molecule has 8 nitrogen and oxygen atoms in total. The number of hydrogen-bond acceptors (Lipinski definition) is 7. The fourth-order valence-corrected chi connectivity index (χ4v) is 3.97. The van der Waals surface area contributed by atoms with Crippen molar-refractivity contribution in [2.75, 3.05) is 0 Å². The fraction of sp³-hybridized carbons (Fsp3) is 0.609. The van der Waals surface area contributed by atoms with E-state index >= 15 is 0 Å². The lowest BCUT2D eigenvalue weighted by Gasteiger charge is -2.23.